The number of rotatable bonds is 23. The zero-order valence-electron chi connectivity index (χ0n) is 18.4. The lowest BCUT2D eigenvalue weighted by atomic mass is 10.2. The normalized spacial score (nSPS) is 11.0. The highest BCUT2D eigenvalue weighted by atomic mass is 127. The van der Waals surface area contributed by atoms with Gasteiger partial charge in [0.05, 0.1) is 59.5 Å². The third-order valence-electron chi connectivity index (χ3n) is 4.17. The molecular weight excluding hydrogens is 515 g/mol. The Balaban J connectivity index is 1.71. The molecule has 1 rings (SSSR count). The second kappa shape index (κ2) is 22.4. The van der Waals surface area contributed by atoms with Gasteiger partial charge in [0.25, 0.3) is 0 Å². The molecule has 0 aromatic heterocycles. The standard InChI is InChI=1S/C23H37IO7/c24-9-3-1-2-4-10-26-11-12-27-13-14-28-15-16-29-17-18-30-19-20-31-23-7-5-22(21-25)6-8-23/h5-8,21H,1-4,9-20H2. The van der Waals surface area contributed by atoms with Gasteiger partial charge in [-0.25, -0.2) is 0 Å². The summed E-state index contributed by atoms with van der Waals surface area (Å²) in [5, 5.41) is 0. The minimum atomic E-state index is 0.452. The monoisotopic (exact) mass is 552 g/mol. The molecule has 8 heteroatoms. The van der Waals surface area contributed by atoms with Gasteiger partial charge in [0, 0.05) is 12.2 Å². The zero-order valence-corrected chi connectivity index (χ0v) is 20.6. The minimum Gasteiger partial charge on any atom is -0.491 e. The van der Waals surface area contributed by atoms with Crippen LogP contribution in [0.1, 0.15) is 36.0 Å². The van der Waals surface area contributed by atoms with E-state index in [2.05, 4.69) is 22.6 Å². The van der Waals surface area contributed by atoms with E-state index in [4.69, 9.17) is 28.4 Å². The van der Waals surface area contributed by atoms with Gasteiger partial charge in [-0.05, 0) is 41.5 Å². The molecule has 0 N–H and O–H groups in total. The second-order valence-corrected chi connectivity index (χ2v) is 7.78. The maximum absolute atomic E-state index is 10.6. The van der Waals surface area contributed by atoms with Gasteiger partial charge in [-0.15, -0.1) is 0 Å². The van der Waals surface area contributed by atoms with E-state index in [-0.39, 0.29) is 0 Å². The Morgan fingerprint density at radius 1 is 0.581 bits per heavy atom. The van der Waals surface area contributed by atoms with Crippen LogP contribution in [0.4, 0.5) is 0 Å². The summed E-state index contributed by atoms with van der Waals surface area (Å²) >= 11 is 2.42. The van der Waals surface area contributed by atoms with Crippen LogP contribution in [-0.4, -0.2) is 83.4 Å². The number of ether oxygens (including phenoxy) is 6. The van der Waals surface area contributed by atoms with E-state index < -0.39 is 0 Å². The van der Waals surface area contributed by atoms with Crippen LogP contribution in [0.25, 0.3) is 0 Å². The Hall–Kier alpha value is -0.780. The fraction of sp³-hybridized carbons (Fsp3) is 0.696. The quantitative estimate of drug-likeness (QED) is 0.0881. The van der Waals surface area contributed by atoms with Crippen LogP contribution < -0.4 is 4.74 Å². The van der Waals surface area contributed by atoms with Crippen LogP contribution in [0.15, 0.2) is 24.3 Å². The summed E-state index contributed by atoms with van der Waals surface area (Å²) in [5.74, 6) is 0.719. The van der Waals surface area contributed by atoms with Gasteiger partial charge in [0.2, 0.25) is 0 Å². The predicted molar refractivity (Wildman–Crippen MR) is 129 cm³/mol. The van der Waals surface area contributed by atoms with Crippen molar-refractivity contribution in [3.8, 4) is 5.75 Å². The third-order valence-corrected chi connectivity index (χ3v) is 4.94. The lowest BCUT2D eigenvalue weighted by Crippen LogP contribution is -2.14. The highest BCUT2D eigenvalue weighted by Crippen LogP contribution is 2.10. The number of aldehydes is 1. The molecule has 0 aliphatic heterocycles. The second-order valence-electron chi connectivity index (χ2n) is 6.70. The van der Waals surface area contributed by atoms with Crippen molar-refractivity contribution in [1.29, 1.82) is 0 Å². The highest BCUT2D eigenvalue weighted by molar-refractivity contribution is 14.1. The first-order chi connectivity index (χ1) is 15.4. The van der Waals surface area contributed by atoms with Crippen LogP contribution in [0.2, 0.25) is 0 Å². The van der Waals surface area contributed by atoms with Crippen molar-refractivity contribution >= 4 is 28.9 Å². The molecule has 31 heavy (non-hydrogen) atoms. The van der Waals surface area contributed by atoms with Gasteiger partial charge >= 0.3 is 0 Å². The molecule has 0 atom stereocenters. The first-order valence-electron chi connectivity index (χ1n) is 11.0. The molecule has 0 unspecified atom stereocenters. The lowest BCUT2D eigenvalue weighted by Gasteiger charge is -2.09. The Morgan fingerprint density at radius 3 is 1.52 bits per heavy atom. The van der Waals surface area contributed by atoms with Crippen molar-refractivity contribution in [1.82, 2.24) is 0 Å². The molecule has 0 heterocycles. The molecule has 0 aliphatic carbocycles. The van der Waals surface area contributed by atoms with Crippen LogP contribution in [0.5, 0.6) is 5.75 Å². The molecule has 0 amide bonds. The fourth-order valence-corrected chi connectivity index (χ4v) is 3.03. The Labute approximate surface area is 200 Å². The summed E-state index contributed by atoms with van der Waals surface area (Å²) in [6.45, 7) is 6.24. The summed E-state index contributed by atoms with van der Waals surface area (Å²) in [5.41, 5.74) is 0.630. The molecule has 0 radical (unpaired) electrons. The SMILES string of the molecule is O=Cc1ccc(OCCOCCOCCOCCOCCOCCCCCCI)cc1. The summed E-state index contributed by atoms with van der Waals surface area (Å²) in [6, 6.07) is 6.97. The fourth-order valence-electron chi connectivity index (χ4n) is 2.49. The number of hydrogen-bond donors (Lipinski definition) is 0. The smallest absolute Gasteiger partial charge is 0.150 e. The number of unbranched alkanes of at least 4 members (excludes halogenated alkanes) is 3. The number of alkyl halides is 1. The topological polar surface area (TPSA) is 72.5 Å². The molecule has 1 aromatic carbocycles. The predicted octanol–water partition coefficient (Wildman–Crippen LogP) is 3.96. The number of benzene rings is 1. The molecule has 0 saturated heterocycles. The van der Waals surface area contributed by atoms with Crippen molar-refractivity contribution in [3.63, 3.8) is 0 Å². The maximum atomic E-state index is 10.6. The molecule has 7 nitrogen and oxygen atoms in total. The molecule has 178 valence electrons. The molecule has 0 spiro atoms. The molecule has 1 aromatic rings. The number of carbonyl (C=O) groups excluding carboxylic acids is 1. The van der Waals surface area contributed by atoms with E-state index >= 15 is 0 Å². The van der Waals surface area contributed by atoms with E-state index in [1.54, 1.807) is 24.3 Å². The van der Waals surface area contributed by atoms with E-state index in [1.165, 1.54) is 23.7 Å². The van der Waals surface area contributed by atoms with Gasteiger partial charge in [0.1, 0.15) is 18.6 Å². The van der Waals surface area contributed by atoms with Crippen LogP contribution in [0, 0.1) is 0 Å². The van der Waals surface area contributed by atoms with Crippen LogP contribution in [0.3, 0.4) is 0 Å². The lowest BCUT2D eigenvalue weighted by molar-refractivity contribution is -0.0128. The van der Waals surface area contributed by atoms with Gasteiger partial charge in [-0.1, -0.05) is 35.4 Å². The molecular formula is C23H37IO7. The van der Waals surface area contributed by atoms with Crippen molar-refractivity contribution in [2.75, 3.05) is 77.1 Å². The van der Waals surface area contributed by atoms with Crippen molar-refractivity contribution in [2.24, 2.45) is 0 Å². The largest absolute Gasteiger partial charge is 0.491 e. The van der Waals surface area contributed by atoms with Gasteiger partial charge in [-0.2, -0.15) is 0 Å². The minimum absolute atomic E-state index is 0.452. The summed E-state index contributed by atoms with van der Waals surface area (Å²) < 4.78 is 34.1. The Morgan fingerprint density at radius 2 is 1.03 bits per heavy atom. The molecule has 0 aliphatic rings. The van der Waals surface area contributed by atoms with Gasteiger partial charge in [0.15, 0.2) is 0 Å². The summed E-state index contributed by atoms with van der Waals surface area (Å²) in [6.07, 6.45) is 5.79. The maximum Gasteiger partial charge on any atom is 0.150 e. The van der Waals surface area contributed by atoms with E-state index in [0.717, 1.165) is 25.1 Å². The van der Waals surface area contributed by atoms with Gasteiger partial charge in [-0.3, -0.25) is 4.79 Å². The van der Waals surface area contributed by atoms with E-state index in [0.29, 0.717) is 71.6 Å². The zero-order chi connectivity index (χ0) is 22.2. The van der Waals surface area contributed by atoms with E-state index in [9.17, 15) is 4.79 Å². The molecule has 0 bridgehead atoms. The van der Waals surface area contributed by atoms with Gasteiger partial charge < -0.3 is 28.4 Å². The number of halogens is 1. The van der Waals surface area contributed by atoms with Crippen molar-refractivity contribution < 1.29 is 33.2 Å². The highest BCUT2D eigenvalue weighted by Gasteiger charge is 1.96. The number of carbonyl (C=O) groups is 1. The van der Waals surface area contributed by atoms with Crippen molar-refractivity contribution in [3.05, 3.63) is 29.8 Å². The average molecular weight is 552 g/mol. The molecule has 0 saturated carbocycles. The van der Waals surface area contributed by atoms with E-state index in [1.807, 2.05) is 0 Å². The summed E-state index contributed by atoms with van der Waals surface area (Å²) in [4.78, 5) is 10.6. The number of hydrogen-bond acceptors (Lipinski definition) is 7. The first-order valence-corrected chi connectivity index (χ1v) is 12.5. The van der Waals surface area contributed by atoms with Crippen molar-refractivity contribution in [2.45, 2.75) is 25.7 Å². The van der Waals surface area contributed by atoms with Crippen LogP contribution >= 0.6 is 22.6 Å². The first kappa shape index (κ1) is 28.3. The van der Waals surface area contributed by atoms with Crippen LogP contribution in [-0.2, 0) is 23.7 Å². The average Bonchev–Trinajstić information content (AvgIpc) is 2.80. The third kappa shape index (κ3) is 18.5. The Kier molecular flexibility index (Phi) is 20.4. The summed E-state index contributed by atoms with van der Waals surface area (Å²) in [7, 11) is 0. The Bertz CT molecular complexity index is 513. The molecule has 0 fully saturated rings.